The van der Waals surface area contributed by atoms with Crippen LogP contribution in [-0.4, -0.2) is 23.7 Å². The van der Waals surface area contributed by atoms with Gasteiger partial charge in [-0.15, -0.1) is 11.3 Å². The lowest BCUT2D eigenvalue weighted by Gasteiger charge is -2.22. The molecule has 1 aromatic heterocycles. The van der Waals surface area contributed by atoms with E-state index < -0.39 is 0 Å². The summed E-state index contributed by atoms with van der Waals surface area (Å²) in [6, 6.07) is 9.81. The largest absolute Gasteiger partial charge is 0.371 e. The molecule has 1 fully saturated rings. The van der Waals surface area contributed by atoms with Gasteiger partial charge in [0.25, 0.3) is 0 Å². The van der Waals surface area contributed by atoms with Crippen LogP contribution in [0.2, 0.25) is 0 Å². The van der Waals surface area contributed by atoms with Gasteiger partial charge in [-0.25, -0.2) is 9.78 Å². The minimum atomic E-state index is -0.161. The van der Waals surface area contributed by atoms with Gasteiger partial charge in [0.1, 0.15) is 11.1 Å². The average molecular weight is 345 g/mol. The third kappa shape index (κ3) is 3.94. The number of amides is 2. The van der Waals surface area contributed by atoms with E-state index in [1.807, 2.05) is 49.6 Å². The van der Waals surface area contributed by atoms with Crippen LogP contribution in [0.3, 0.4) is 0 Å². The van der Waals surface area contributed by atoms with E-state index in [0.717, 1.165) is 29.1 Å². The molecular weight excluding hydrogens is 322 g/mol. The molecule has 0 radical (unpaired) electrons. The fraction of sp³-hybridized carbons (Fsp3) is 0.444. The SMILES string of the molecule is CC[C@H](NC(=O)N[C@H]1CCO[C@@H]1c1ccccc1)c1nc(C)cs1. The Hall–Kier alpha value is -1.92. The highest BCUT2D eigenvalue weighted by Gasteiger charge is 2.31. The predicted octanol–water partition coefficient (Wildman–Crippen LogP) is 3.73. The van der Waals surface area contributed by atoms with Crippen LogP contribution in [0.5, 0.6) is 0 Å². The molecule has 1 aliphatic rings. The topological polar surface area (TPSA) is 63.2 Å². The molecule has 1 aromatic carbocycles. The molecule has 5 nitrogen and oxygen atoms in total. The molecule has 2 amide bonds. The molecule has 0 aliphatic carbocycles. The number of aromatic nitrogens is 1. The van der Waals surface area contributed by atoms with Gasteiger partial charge >= 0.3 is 6.03 Å². The first kappa shape index (κ1) is 16.9. The maximum atomic E-state index is 12.4. The average Bonchev–Trinajstić information content (AvgIpc) is 3.22. The van der Waals surface area contributed by atoms with E-state index in [9.17, 15) is 4.79 Å². The number of nitrogens with one attached hydrogen (secondary N) is 2. The van der Waals surface area contributed by atoms with Gasteiger partial charge in [0, 0.05) is 17.7 Å². The van der Waals surface area contributed by atoms with Gasteiger partial charge in [-0.3, -0.25) is 0 Å². The summed E-state index contributed by atoms with van der Waals surface area (Å²) in [5.74, 6) is 0. The van der Waals surface area contributed by atoms with Crippen LogP contribution in [0.15, 0.2) is 35.7 Å². The zero-order valence-corrected chi connectivity index (χ0v) is 14.8. The summed E-state index contributed by atoms with van der Waals surface area (Å²) in [6.07, 6.45) is 1.54. The van der Waals surface area contributed by atoms with Crippen LogP contribution >= 0.6 is 11.3 Å². The van der Waals surface area contributed by atoms with Crippen LogP contribution in [0, 0.1) is 6.92 Å². The second kappa shape index (κ2) is 7.77. The number of thiazole rings is 1. The summed E-state index contributed by atoms with van der Waals surface area (Å²) in [5.41, 5.74) is 2.09. The molecule has 1 aliphatic heterocycles. The van der Waals surface area contributed by atoms with Crippen molar-refractivity contribution in [3.05, 3.63) is 52.0 Å². The van der Waals surface area contributed by atoms with Crippen LogP contribution in [-0.2, 0) is 4.74 Å². The fourth-order valence-corrected chi connectivity index (χ4v) is 3.88. The monoisotopic (exact) mass is 345 g/mol. The molecular formula is C18H23N3O2S. The van der Waals surface area contributed by atoms with Crippen molar-refractivity contribution >= 4 is 17.4 Å². The van der Waals surface area contributed by atoms with E-state index in [-0.39, 0.29) is 24.2 Å². The van der Waals surface area contributed by atoms with Crippen molar-refractivity contribution < 1.29 is 9.53 Å². The van der Waals surface area contributed by atoms with Crippen LogP contribution in [0.25, 0.3) is 0 Å². The molecule has 0 unspecified atom stereocenters. The van der Waals surface area contributed by atoms with Gasteiger partial charge in [-0.1, -0.05) is 37.3 Å². The molecule has 24 heavy (non-hydrogen) atoms. The molecule has 3 rings (SSSR count). The van der Waals surface area contributed by atoms with Crippen molar-refractivity contribution in [2.24, 2.45) is 0 Å². The molecule has 2 heterocycles. The predicted molar refractivity (Wildman–Crippen MR) is 95.1 cm³/mol. The third-order valence-corrected chi connectivity index (χ3v) is 5.26. The minimum absolute atomic E-state index is 0.0112. The van der Waals surface area contributed by atoms with E-state index >= 15 is 0 Å². The molecule has 3 atom stereocenters. The summed E-state index contributed by atoms with van der Waals surface area (Å²) >= 11 is 1.59. The third-order valence-electron chi connectivity index (χ3n) is 4.18. The van der Waals surface area contributed by atoms with Crippen molar-refractivity contribution in [2.75, 3.05) is 6.61 Å². The van der Waals surface area contributed by atoms with Gasteiger partial charge in [0.2, 0.25) is 0 Å². The maximum Gasteiger partial charge on any atom is 0.315 e. The lowest BCUT2D eigenvalue weighted by Crippen LogP contribution is -2.44. The number of nitrogens with zero attached hydrogens (tertiary/aromatic N) is 1. The molecule has 0 spiro atoms. The fourth-order valence-electron chi connectivity index (χ4n) is 2.95. The second-order valence-electron chi connectivity index (χ2n) is 6.00. The number of rotatable bonds is 5. The Balaban J connectivity index is 1.61. The zero-order chi connectivity index (χ0) is 16.9. The Morgan fingerprint density at radius 3 is 2.88 bits per heavy atom. The number of aryl methyl sites for hydroxylation is 1. The molecule has 0 bridgehead atoms. The van der Waals surface area contributed by atoms with Crippen molar-refractivity contribution in [1.29, 1.82) is 0 Å². The molecule has 6 heteroatoms. The van der Waals surface area contributed by atoms with Gasteiger partial charge in [-0.05, 0) is 25.3 Å². The van der Waals surface area contributed by atoms with Gasteiger partial charge < -0.3 is 15.4 Å². The number of carbonyl (C=O) groups is 1. The number of benzene rings is 1. The molecule has 128 valence electrons. The van der Waals surface area contributed by atoms with Gasteiger partial charge in [0.05, 0.1) is 12.1 Å². The van der Waals surface area contributed by atoms with Crippen LogP contribution in [0.1, 0.15) is 48.2 Å². The minimum Gasteiger partial charge on any atom is -0.371 e. The van der Waals surface area contributed by atoms with E-state index in [2.05, 4.69) is 15.6 Å². The molecule has 0 saturated carbocycles. The van der Waals surface area contributed by atoms with E-state index in [0.29, 0.717) is 6.61 Å². The Bertz CT molecular complexity index is 674. The Labute approximate surface area is 146 Å². The summed E-state index contributed by atoms with van der Waals surface area (Å²) in [5, 5.41) is 9.07. The van der Waals surface area contributed by atoms with E-state index in [1.165, 1.54) is 0 Å². The highest BCUT2D eigenvalue weighted by Crippen LogP contribution is 2.29. The Morgan fingerprint density at radius 2 is 2.21 bits per heavy atom. The second-order valence-corrected chi connectivity index (χ2v) is 6.89. The van der Waals surface area contributed by atoms with Crippen molar-refractivity contribution in [2.45, 2.75) is 44.9 Å². The lowest BCUT2D eigenvalue weighted by atomic mass is 10.0. The maximum absolute atomic E-state index is 12.4. The van der Waals surface area contributed by atoms with Crippen LogP contribution in [0.4, 0.5) is 4.79 Å². The summed E-state index contributed by atoms with van der Waals surface area (Å²) < 4.78 is 5.82. The van der Waals surface area contributed by atoms with Gasteiger partial charge in [-0.2, -0.15) is 0 Å². The van der Waals surface area contributed by atoms with Crippen molar-refractivity contribution in [3.63, 3.8) is 0 Å². The first-order chi connectivity index (χ1) is 11.7. The van der Waals surface area contributed by atoms with Gasteiger partial charge in [0.15, 0.2) is 0 Å². The Morgan fingerprint density at radius 1 is 1.42 bits per heavy atom. The summed E-state index contributed by atoms with van der Waals surface area (Å²) in [7, 11) is 0. The van der Waals surface area contributed by atoms with E-state index in [1.54, 1.807) is 11.3 Å². The first-order valence-electron chi connectivity index (χ1n) is 8.33. The number of hydrogen-bond donors (Lipinski definition) is 2. The lowest BCUT2D eigenvalue weighted by molar-refractivity contribution is 0.0998. The number of hydrogen-bond acceptors (Lipinski definition) is 4. The summed E-state index contributed by atoms with van der Waals surface area (Å²) in [6.45, 7) is 4.67. The first-order valence-corrected chi connectivity index (χ1v) is 9.21. The molecule has 2 aromatic rings. The zero-order valence-electron chi connectivity index (χ0n) is 14.0. The molecule has 1 saturated heterocycles. The van der Waals surface area contributed by atoms with Crippen LogP contribution < -0.4 is 10.6 Å². The highest BCUT2D eigenvalue weighted by atomic mass is 32.1. The smallest absolute Gasteiger partial charge is 0.315 e. The highest BCUT2D eigenvalue weighted by molar-refractivity contribution is 7.09. The van der Waals surface area contributed by atoms with Crippen molar-refractivity contribution in [3.8, 4) is 0 Å². The number of urea groups is 1. The standard InChI is InChI=1S/C18H23N3O2S/c1-3-14(17-19-12(2)11-24-17)20-18(22)21-15-9-10-23-16(15)13-7-5-4-6-8-13/h4-8,11,14-16H,3,9-10H2,1-2H3,(H2,20,21,22)/t14-,15-,16+/m0/s1. The number of ether oxygens (including phenoxy) is 1. The molecule has 2 N–H and O–H groups in total. The Kier molecular flexibility index (Phi) is 5.48. The normalized spacial score (nSPS) is 21.4. The van der Waals surface area contributed by atoms with E-state index in [4.69, 9.17) is 4.74 Å². The van der Waals surface area contributed by atoms with Crippen molar-refractivity contribution in [1.82, 2.24) is 15.6 Å². The quantitative estimate of drug-likeness (QED) is 0.868. The number of carbonyl (C=O) groups excluding carboxylic acids is 1. The summed E-state index contributed by atoms with van der Waals surface area (Å²) in [4.78, 5) is 16.9.